The van der Waals surface area contributed by atoms with Gasteiger partial charge in [-0.15, -0.1) is 0 Å². The van der Waals surface area contributed by atoms with Gasteiger partial charge in [-0.25, -0.2) is 0 Å². The standard InChI is InChI=1S/C25H22/c1-2-7-16(8-3-1)18-11-6-12-21-22-14-13-17-15-23(17)25(22)20-10-5-4-9-19(20)24(18)21/h1-12,17,21-23H,13-15H2. The lowest BCUT2D eigenvalue weighted by Crippen LogP contribution is -2.42. The van der Waals surface area contributed by atoms with Crippen molar-refractivity contribution in [1.82, 2.24) is 0 Å². The van der Waals surface area contributed by atoms with Crippen LogP contribution in [0.3, 0.4) is 0 Å². The highest BCUT2D eigenvalue weighted by molar-refractivity contribution is 6.02. The van der Waals surface area contributed by atoms with Crippen LogP contribution in [0, 0.1) is 23.7 Å². The summed E-state index contributed by atoms with van der Waals surface area (Å²) in [6.45, 7) is 0. The van der Waals surface area contributed by atoms with Crippen LogP contribution in [0.2, 0.25) is 0 Å². The van der Waals surface area contributed by atoms with E-state index < -0.39 is 0 Å². The number of rotatable bonds is 1. The van der Waals surface area contributed by atoms with Crippen molar-refractivity contribution < 1.29 is 0 Å². The molecule has 0 aromatic heterocycles. The quantitative estimate of drug-likeness (QED) is 0.733. The summed E-state index contributed by atoms with van der Waals surface area (Å²) in [5.41, 5.74) is 6.14. The van der Waals surface area contributed by atoms with Crippen LogP contribution in [-0.4, -0.2) is 0 Å². The molecule has 2 aromatic carbocycles. The molecule has 4 aliphatic rings. The molecule has 4 unspecified atom stereocenters. The second-order valence-corrected chi connectivity index (χ2v) is 8.06. The van der Waals surface area contributed by atoms with Gasteiger partial charge in [-0.05, 0) is 64.2 Å². The van der Waals surface area contributed by atoms with Gasteiger partial charge in [0, 0.05) is 5.92 Å². The van der Waals surface area contributed by atoms with Crippen molar-refractivity contribution in [3.05, 3.63) is 88.8 Å². The van der Waals surface area contributed by atoms with Gasteiger partial charge in [0.25, 0.3) is 0 Å². The third-order valence-corrected chi connectivity index (χ3v) is 6.82. The molecule has 0 aliphatic heterocycles. The molecule has 25 heavy (non-hydrogen) atoms. The normalized spacial score (nSPS) is 31.4. The molecular weight excluding hydrogens is 300 g/mol. The molecule has 0 N–H and O–H groups in total. The van der Waals surface area contributed by atoms with Gasteiger partial charge in [0.15, 0.2) is 0 Å². The molecular formula is C25H22. The summed E-state index contributed by atoms with van der Waals surface area (Å²) in [4.78, 5) is 0. The lowest BCUT2D eigenvalue weighted by molar-refractivity contribution is 0.439. The molecule has 122 valence electrons. The van der Waals surface area contributed by atoms with Gasteiger partial charge in [0.1, 0.15) is 0 Å². The molecule has 4 atom stereocenters. The number of hydrogen-bond donors (Lipinski definition) is 0. The first-order chi connectivity index (χ1) is 12.4. The number of allylic oxidation sites excluding steroid dienone is 4. The highest BCUT2D eigenvalue weighted by Gasteiger charge is 2.49. The third kappa shape index (κ3) is 1.94. The zero-order chi connectivity index (χ0) is 16.4. The predicted octanol–water partition coefficient (Wildman–Crippen LogP) is 4.32. The first kappa shape index (κ1) is 13.9. The monoisotopic (exact) mass is 322 g/mol. The summed E-state index contributed by atoms with van der Waals surface area (Å²) in [7, 11) is 0. The lowest BCUT2D eigenvalue weighted by Gasteiger charge is -2.38. The summed E-state index contributed by atoms with van der Waals surface area (Å²) < 4.78 is 0. The van der Waals surface area contributed by atoms with E-state index in [1.165, 1.54) is 35.6 Å². The Morgan fingerprint density at radius 2 is 1.56 bits per heavy atom. The molecule has 2 fully saturated rings. The zero-order valence-electron chi connectivity index (χ0n) is 14.4. The molecule has 0 saturated heterocycles. The van der Waals surface area contributed by atoms with E-state index >= 15 is 0 Å². The van der Waals surface area contributed by atoms with Crippen LogP contribution in [-0.2, 0) is 0 Å². The molecule has 0 heterocycles. The average molecular weight is 322 g/mol. The second kappa shape index (κ2) is 5.08. The van der Waals surface area contributed by atoms with E-state index in [-0.39, 0.29) is 0 Å². The van der Waals surface area contributed by atoms with E-state index in [4.69, 9.17) is 0 Å². The van der Waals surface area contributed by atoms with Crippen molar-refractivity contribution in [2.24, 2.45) is 23.7 Å². The van der Waals surface area contributed by atoms with Crippen LogP contribution < -0.4 is 10.4 Å². The van der Waals surface area contributed by atoms with Crippen LogP contribution in [0.25, 0.3) is 16.7 Å². The Balaban J connectivity index is 1.70. The maximum absolute atomic E-state index is 2.48. The minimum atomic E-state index is 0.562. The van der Waals surface area contributed by atoms with Crippen LogP contribution in [0.5, 0.6) is 0 Å². The van der Waals surface area contributed by atoms with Gasteiger partial charge in [0.05, 0.1) is 0 Å². The van der Waals surface area contributed by atoms with E-state index in [9.17, 15) is 0 Å². The van der Waals surface area contributed by atoms with Gasteiger partial charge in [-0.3, -0.25) is 0 Å². The van der Waals surface area contributed by atoms with E-state index in [1.807, 2.05) is 0 Å². The molecule has 0 radical (unpaired) electrons. The Kier molecular flexibility index (Phi) is 2.82. The van der Waals surface area contributed by atoms with Gasteiger partial charge in [-0.2, -0.15) is 0 Å². The minimum Gasteiger partial charge on any atom is -0.0763 e. The van der Waals surface area contributed by atoms with Crippen molar-refractivity contribution >= 4 is 16.7 Å². The number of fused-ring (bicyclic) bond motifs is 6. The molecule has 4 aliphatic carbocycles. The minimum absolute atomic E-state index is 0.562. The molecule has 0 amide bonds. The number of hydrogen-bond acceptors (Lipinski definition) is 0. The lowest BCUT2D eigenvalue weighted by atomic mass is 9.66. The summed E-state index contributed by atoms with van der Waals surface area (Å²) in [5, 5.41) is 3.05. The molecule has 0 spiro atoms. The summed E-state index contributed by atoms with van der Waals surface area (Å²) in [5.74, 6) is 3.14. The fraction of sp³-hybridized carbons (Fsp3) is 0.280. The van der Waals surface area contributed by atoms with Crippen molar-refractivity contribution in [2.75, 3.05) is 0 Å². The fourth-order valence-corrected chi connectivity index (χ4v) is 5.68. The zero-order valence-corrected chi connectivity index (χ0v) is 14.4. The number of benzene rings is 2. The van der Waals surface area contributed by atoms with Crippen LogP contribution in [0.1, 0.15) is 24.8 Å². The fourth-order valence-electron chi connectivity index (χ4n) is 5.68. The second-order valence-electron chi connectivity index (χ2n) is 8.06. The SMILES string of the molecule is C1=CC2C(=c3ccccc3=C3C4CC4CCC32)C(c2ccccc2)=C1. The largest absolute Gasteiger partial charge is 0.0763 e. The summed E-state index contributed by atoms with van der Waals surface area (Å²) in [6, 6.07) is 20.2. The summed E-state index contributed by atoms with van der Waals surface area (Å²) >= 11 is 0. The van der Waals surface area contributed by atoms with Crippen LogP contribution >= 0.6 is 0 Å². The molecule has 2 aromatic rings. The van der Waals surface area contributed by atoms with Gasteiger partial charge >= 0.3 is 0 Å². The molecule has 0 heteroatoms. The Morgan fingerprint density at radius 3 is 2.44 bits per heavy atom. The Hall–Kier alpha value is -2.34. The van der Waals surface area contributed by atoms with Crippen LogP contribution in [0.4, 0.5) is 0 Å². The molecule has 0 bridgehead atoms. The topological polar surface area (TPSA) is 0 Å². The highest BCUT2D eigenvalue weighted by Crippen LogP contribution is 2.59. The smallest absolute Gasteiger partial charge is 0.00993 e. The van der Waals surface area contributed by atoms with Gasteiger partial charge in [0.2, 0.25) is 0 Å². The van der Waals surface area contributed by atoms with E-state index in [0.717, 1.165) is 17.8 Å². The molecule has 2 saturated carbocycles. The van der Waals surface area contributed by atoms with Crippen molar-refractivity contribution in [3.8, 4) is 0 Å². The van der Waals surface area contributed by atoms with Crippen LogP contribution in [0.15, 0.2) is 72.8 Å². The van der Waals surface area contributed by atoms with E-state index in [0.29, 0.717) is 5.92 Å². The highest BCUT2D eigenvalue weighted by atomic mass is 14.5. The first-order valence-corrected chi connectivity index (χ1v) is 9.69. The van der Waals surface area contributed by atoms with Crippen molar-refractivity contribution in [2.45, 2.75) is 19.3 Å². The maximum atomic E-state index is 2.48. The van der Waals surface area contributed by atoms with Gasteiger partial charge in [-0.1, -0.05) is 78.4 Å². The molecule has 0 nitrogen and oxygen atoms in total. The van der Waals surface area contributed by atoms with Crippen molar-refractivity contribution in [1.29, 1.82) is 0 Å². The van der Waals surface area contributed by atoms with E-state index in [1.54, 1.807) is 16.4 Å². The van der Waals surface area contributed by atoms with E-state index in [2.05, 4.69) is 72.8 Å². The molecule has 6 rings (SSSR count). The summed E-state index contributed by atoms with van der Waals surface area (Å²) in [6.07, 6.45) is 11.3. The Bertz CT molecular complexity index is 1030. The Labute approximate surface area is 148 Å². The first-order valence-electron chi connectivity index (χ1n) is 9.69. The third-order valence-electron chi connectivity index (χ3n) is 6.82. The average Bonchev–Trinajstić information content (AvgIpc) is 3.48. The Morgan fingerprint density at radius 1 is 0.760 bits per heavy atom. The van der Waals surface area contributed by atoms with Crippen molar-refractivity contribution in [3.63, 3.8) is 0 Å². The maximum Gasteiger partial charge on any atom is 0.00993 e. The predicted molar refractivity (Wildman–Crippen MR) is 104 cm³/mol. The van der Waals surface area contributed by atoms with Gasteiger partial charge < -0.3 is 0 Å².